The Hall–Kier alpha value is -0.570. The highest BCUT2D eigenvalue weighted by molar-refractivity contribution is 5.85. The Kier molecular flexibility index (Phi) is 2.69. The fourth-order valence-corrected chi connectivity index (χ4v) is 3.74. The largest absolute Gasteiger partial charge is 0.460 e. The molecule has 0 aromatic heterocycles. The summed E-state index contributed by atoms with van der Waals surface area (Å²) in [4.78, 5) is 12.3. The van der Waals surface area contributed by atoms with Gasteiger partial charge in [0.2, 0.25) is 0 Å². The first kappa shape index (κ1) is 11.5. The summed E-state index contributed by atoms with van der Waals surface area (Å²) in [5.74, 6) is -0.0639. The lowest BCUT2D eigenvalue weighted by Crippen LogP contribution is -2.39. The van der Waals surface area contributed by atoms with E-state index in [1.54, 1.807) is 0 Å². The molecule has 17 heavy (non-hydrogen) atoms. The summed E-state index contributed by atoms with van der Waals surface area (Å²) in [5.41, 5.74) is -0.719. The van der Waals surface area contributed by atoms with Crippen molar-refractivity contribution in [2.75, 3.05) is 0 Å². The molecule has 96 valence electrons. The molecule has 2 atom stereocenters. The first-order valence-electron chi connectivity index (χ1n) is 7.14. The van der Waals surface area contributed by atoms with E-state index < -0.39 is 5.60 Å². The first-order valence-corrected chi connectivity index (χ1v) is 7.14. The summed E-state index contributed by atoms with van der Waals surface area (Å²) in [6, 6.07) is 0. The number of fused-ring (bicyclic) bond motifs is 1. The van der Waals surface area contributed by atoms with Crippen molar-refractivity contribution in [1.29, 1.82) is 0 Å². The average molecular weight is 238 g/mol. The van der Waals surface area contributed by atoms with Crippen LogP contribution >= 0.6 is 0 Å². The third-order valence-corrected chi connectivity index (χ3v) is 4.90. The van der Waals surface area contributed by atoms with Crippen LogP contribution in [-0.4, -0.2) is 23.3 Å². The van der Waals surface area contributed by atoms with Crippen LogP contribution in [0, 0.1) is 0 Å². The van der Waals surface area contributed by atoms with Gasteiger partial charge < -0.3 is 9.47 Å². The van der Waals surface area contributed by atoms with E-state index in [-0.39, 0.29) is 17.7 Å². The van der Waals surface area contributed by atoms with Gasteiger partial charge in [0.05, 0.1) is 0 Å². The normalized spacial score (nSPS) is 41.0. The van der Waals surface area contributed by atoms with Crippen LogP contribution < -0.4 is 0 Å². The van der Waals surface area contributed by atoms with Crippen LogP contribution in [0.2, 0.25) is 0 Å². The second-order valence-corrected chi connectivity index (χ2v) is 5.80. The van der Waals surface area contributed by atoms with Gasteiger partial charge in [-0.1, -0.05) is 13.3 Å². The zero-order chi connectivity index (χ0) is 11.9. The molecule has 0 aromatic carbocycles. The molecule has 2 unspecified atom stereocenters. The molecule has 3 rings (SSSR count). The van der Waals surface area contributed by atoms with E-state index in [0.717, 1.165) is 38.5 Å². The highest BCUT2D eigenvalue weighted by atomic mass is 16.7. The maximum atomic E-state index is 12.3. The van der Waals surface area contributed by atoms with Crippen molar-refractivity contribution >= 4 is 5.97 Å². The molecule has 3 aliphatic rings. The summed E-state index contributed by atoms with van der Waals surface area (Å²) in [5, 5.41) is 0. The lowest BCUT2D eigenvalue weighted by molar-refractivity contribution is -0.156. The summed E-state index contributed by atoms with van der Waals surface area (Å²) in [7, 11) is 0. The quantitative estimate of drug-likeness (QED) is 0.560. The molecule has 3 nitrogen and oxygen atoms in total. The van der Waals surface area contributed by atoms with Crippen molar-refractivity contribution in [3.8, 4) is 0 Å². The topological polar surface area (TPSA) is 38.8 Å². The van der Waals surface area contributed by atoms with Crippen LogP contribution in [0.15, 0.2) is 0 Å². The van der Waals surface area contributed by atoms with Gasteiger partial charge in [-0.3, -0.25) is 0 Å². The minimum absolute atomic E-state index is 0.0639. The lowest BCUT2D eigenvalue weighted by atomic mass is 9.78. The van der Waals surface area contributed by atoms with Crippen LogP contribution in [0.1, 0.15) is 64.7 Å². The molecule has 2 saturated carbocycles. The Morgan fingerprint density at radius 1 is 1.24 bits per heavy atom. The molecule has 3 heteroatoms. The Morgan fingerprint density at radius 3 is 2.65 bits per heavy atom. The van der Waals surface area contributed by atoms with Gasteiger partial charge in [0.25, 0.3) is 0 Å². The van der Waals surface area contributed by atoms with Gasteiger partial charge in [-0.25, -0.2) is 4.79 Å². The summed E-state index contributed by atoms with van der Waals surface area (Å²) < 4.78 is 11.6. The number of epoxide rings is 1. The molecular formula is C14H22O3. The van der Waals surface area contributed by atoms with Crippen LogP contribution in [-0.2, 0) is 14.3 Å². The Morgan fingerprint density at radius 2 is 1.94 bits per heavy atom. The summed E-state index contributed by atoms with van der Waals surface area (Å²) in [6.45, 7) is 2.12. The number of hydrogen-bond donors (Lipinski definition) is 0. The highest BCUT2D eigenvalue weighted by Gasteiger charge is 2.74. The fraction of sp³-hybridized carbons (Fsp3) is 0.929. The van der Waals surface area contributed by atoms with Gasteiger partial charge in [-0.15, -0.1) is 0 Å². The molecule has 1 heterocycles. The monoisotopic (exact) mass is 238 g/mol. The molecule has 3 fully saturated rings. The zero-order valence-electron chi connectivity index (χ0n) is 10.7. The third kappa shape index (κ3) is 1.62. The number of hydrogen-bond acceptors (Lipinski definition) is 3. The van der Waals surface area contributed by atoms with Crippen LogP contribution in [0.5, 0.6) is 0 Å². The number of rotatable bonds is 3. The molecule has 0 bridgehead atoms. The Balaban J connectivity index is 1.68. The van der Waals surface area contributed by atoms with Gasteiger partial charge in [-0.2, -0.15) is 0 Å². The molecule has 0 aromatic rings. The number of carbonyl (C=O) groups is 1. The van der Waals surface area contributed by atoms with E-state index in [4.69, 9.17) is 9.47 Å². The van der Waals surface area contributed by atoms with Gasteiger partial charge >= 0.3 is 5.97 Å². The molecule has 0 N–H and O–H groups in total. The molecule has 0 radical (unpaired) electrons. The average Bonchev–Trinajstić information content (AvgIpc) is 2.81. The second-order valence-electron chi connectivity index (χ2n) is 5.80. The molecule has 0 amide bonds. The minimum atomic E-state index is -0.553. The van der Waals surface area contributed by atoms with Gasteiger partial charge in [-0.05, 0) is 51.4 Å². The minimum Gasteiger partial charge on any atom is -0.460 e. The SMILES string of the molecule is CCC12CCCCC1(C(=O)OC1CCCC1)O2. The van der Waals surface area contributed by atoms with Gasteiger partial charge in [0.15, 0.2) is 5.60 Å². The van der Waals surface area contributed by atoms with Crippen molar-refractivity contribution in [2.24, 2.45) is 0 Å². The maximum Gasteiger partial charge on any atom is 0.341 e. The lowest BCUT2D eigenvalue weighted by Gasteiger charge is -2.24. The second kappa shape index (κ2) is 3.98. The summed E-state index contributed by atoms with van der Waals surface area (Å²) in [6.07, 6.45) is 9.77. The molecule has 2 aliphatic carbocycles. The van der Waals surface area contributed by atoms with Crippen molar-refractivity contribution in [2.45, 2.75) is 82.0 Å². The van der Waals surface area contributed by atoms with Gasteiger partial charge in [0, 0.05) is 0 Å². The standard InChI is InChI=1S/C14H22O3/c1-2-13-9-5-6-10-14(13,17-13)12(15)16-11-7-3-4-8-11/h11H,2-10H2,1H3. The van der Waals surface area contributed by atoms with E-state index in [9.17, 15) is 4.79 Å². The van der Waals surface area contributed by atoms with E-state index in [1.165, 1.54) is 19.3 Å². The van der Waals surface area contributed by atoms with E-state index in [1.807, 2.05) is 0 Å². The van der Waals surface area contributed by atoms with E-state index >= 15 is 0 Å². The predicted molar refractivity (Wildman–Crippen MR) is 63.7 cm³/mol. The molecule has 1 saturated heterocycles. The van der Waals surface area contributed by atoms with Crippen molar-refractivity contribution < 1.29 is 14.3 Å². The zero-order valence-corrected chi connectivity index (χ0v) is 10.7. The fourth-order valence-electron chi connectivity index (χ4n) is 3.74. The van der Waals surface area contributed by atoms with Crippen LogP contribution in [0.25, 0.3) is 0 Å². The number of esters is 1. The third-order valence-electron chi connectivity index (χ3n) is 4.90. The smallest absolute Gasteiger partial charge is 0.341 e. The highest BCUT2D eigenvalue weighted by Crippen LogP contribution is 2.60. The van der Waals surface area contributed by atoms with Gasteiger partial charge in [0.1, 0.15) is 11.7 Å². The molecule has 1 aliphatic heterocycles. The predicted octanol–water partition coefficient (Wildman–Crippen LogP) is 2.96. The first-order chi connectivity index (χ1) is 8.22. The Bertz CT molecular complexity index is 321. The van der Waals surface area contributed by atoms with E-state index in [2.05, 4.69) is 6.92 Å². The molecular weight excluding hydrogens is 216 g/mol. The number of carbonyl (C=O) groups excluding carboxylic acids is 1. The van der Waals surface area contributed by atoms with Crippen molar-refractivity contribution in [1.82, 2.24) is 0 Å². The van der Waals surface area contributed by atoms with Crippen LogP contribution in [0.3, 0.4) is 0 Å². The van der Waals surface area contributed by atoms with E-state index in [0.29, 0.717) is 0 Å². The molecule has 0 spiro atoms. The van der Waals surface area contributed by atoms with Crippen molar-refractivity contribution in [3.63, 3.8) is 0 Å². The number of ether oxygens (including phenoxy) is 2. The van der Waals surface area contributed by atoms with Crippen molar-refractivity contribution in [3.05, 3.63) is 0 Å². The Labute approximate surface area is 103 Å². The maximum absolute atomic E-state index is 12.3. The van der Waals surface area contributed by atoms with Crippen LogP contribution in [0.4, 0.5) is 0 Å². The summed E-state index contributed by atoms with van der Waals surface area (Å²) >= 11 is 0.